The second kappa shape index (κ2) is 5.89. The average molecular weight is 318 g/mol. The molecule has 22 heavy (non-hydrogen) atoms. The molecular weight excluding hydrogens is 302 g/mol. The third kappa shape index (κ3) is 2.74. The molecule has 2 aromatic carbocycles. The molecular formula is C17H16ClNO3. The number of benzene rings is 2. The van der Waals surface area contributed by atoms with Gasteiger partial charge in [-0.1, -0.05) is 48.0 Å². The molecule has 1 N–H and O–H groups in total. The van der Waals surface area contributed by atoms with Gasteiger partial charge in [-0.15, -0.1) is 0 Å². The molecule has 2 aromatic rings. The summed E-state index contributed by atoms with van der Waals surface area (Å²) < 4.78 is 6.00. The van der Waals surface area contributed by atoms with Gasteiger partial charge in [-0.2, -0.15) is 0 Å². The van der Waals surface area contributed by atoms with Gasteiger partial charge in [-0.3, -0.25) is 0 Å². The van der Waals surface area contributed by atoms with Crippen molar-refractivity contribution in [2.75, 3.05) is 13.6 Å². The summed E-state index contributed by atoms with van der Waals surface area (Å²) in [7, 11) is 1.55. The van der Waals surface area contributed by atoms with E-state index in [1.54, 1.807) is 7.05 Å². The third-order valence-corrected chi connectivity index (χ3v) is 4.13. The van der Waals surface area contributed by atoms with Gasteiger partial charge in [0.2, 0.25) is 0 Å². The van der Waals surface area contributed by atoms with Crippen molar-refractivity contribution < 1.29 is 14.6 Å². The summed E-state index contributed by atoms with van der Waals surface area (Å²) in [6.45, 7) is 0.339. The van der Waals surface area contributed by atoms with Gasteiger partial charge in [0.1, 0.15) is 11.9 Å². The van der Waals surface area contributed by atoms with E-state index in [2.05, 4.69) is 0 Å². The molecule has 0 fully saturated rings. The van der Waals surface area contributed by atoms with Gasteiger partial charge in [-0.05, 0) is 11.6 Å². The number of fused-ring (bicyclic) bond motifs is 1. The standard InChI is InChI=1S/C17H16ClNO3/c1-19(17(20)21)10-12-9-11-5-4-7-14(16(11)22-12)13-6-2-3-8-15(13)18/h2-8,12H,9-10H2,1H3,(H,20,21). The number of carboxylic acid groups (broad SMARTS) is 1. The van der Waals surface area contributed by atoms with Crippen molar-refractivity contribution in [1.82, 2.24) is 4.90 Å². The summed E-state index contributed by atoms with van der Waals surface area (Å²) in [6, 6.07) is 13.6. The van der Waals surface area contributed by atoms with Crippen molar-refractivity contribution in [2.45, 2.75) is 12.5 Å². The van der Waals surface area contributed by atoms with Crippen molar-refractivity contribution in [1.29, 1.82) is 0 Å². The minimum absolute atomic E-state index is 0.167. The highest BCUT2D eigenvalue weighted by Gasteiger charge is 2.28. The maximum atomic E-state index is 10.9. The molecule has 0 aliphatic carbocycles. The number of hydrogen-bond donors (Lipinski definition) is 1. The van der Waals surface area contributed by atoms with Crippen molar-refractivity contribution in [3.05, 3.63) is 53.1 Å². The maximum Gasteiger partial charge on any atom is 0.407 e. The number of carbonyl (C=O) groups is 1. The van der Waals surface area contributed by atoms with E-state index in [1.165, 1.54) is 4.90 Å². The second-order valence-electron chi connectivity index (χ2n) is 5.38. The van der Waals surface area contributed by atoms with E-state index in [0.29, 0.717) is 18.0 Å². The number of nitrogens with zero attached hydrogens (tertiary/aromatic N) is 1. The highest BCUT2D eigenvalue weighted by molar-refractivity contribution is 6.33. The smallest absolute Gasteiger partial charge is 0.407 e. The lowest BCUT2D eigenvalue weighted by Crippen LogP contribution is -2.35. The van der Waals surface area contributed by atoms with Crippen molar-refractivity contribution in [2.24, 2.45) is 0 Å². The number of para-hydroxylation sites is 1. The van der Waals surface area contributed by atoms with Crippen LogP contribution in [0.25, 0.3) is 11.1 Å². The van der Waals surface area contributed by atoms with Gasteiger partial charge in [0.15, 0.2) is 0 Å². The SMILES string of the molecule is CN(CC1Cc2cccc(-c3ccccc3Cl)c2O1)C(=O)O. The first-order valence-electron chi connectivity index (χ1n) is 7.04. The lowest BCUT2D eigenvalue weighted by molar-refractivity contribution is 0.129. The molecule has 0 spiro atoms. The monoisotopic (exact) mass is 317 g/mol. The Bertz CT molecular complexity index is 717. The lowest BCUT2D eigenvalue weighted by atomic mass is 10.0. The van der Waals surface area contributed by atoms with Gasteiger partial charge in [-0.25, -0.2) is 4.79 Å². The fourth-order valence-corrected chi connectivity index (χ4v) is 2.95. The Balaban J connectivity index is 1.90. The van der Waals surface area contributed by atoms with Gasteiger partial charge in [0.05, 0.1) is 6.54 Å². The zero-order chi connectivity index (χ0) is 15.7. The molecule has 0 bridgehead atoms. The Kier molecular flexibility index (Phi) is 3.94. The molecule has 0 aromatic heterocycles. The van der Waals surface area contributed by atoms with Crippen LogP contribution in [0.2, 0.25) is 5.02 Å². The number of ether oxygens (including phenoxy) is 1. The normalized spacial score (nSPS) is 16.0. The number of hydrogen-bond acceptors (Lipinski definition) is 2. The Morgan fingerprint density at radius 2 is 2.00 bits per heavy atom. The number of halogens is 1. The van der Waals surface area contributed by atoms with Crippen LogP contribution in [0.3, 0.4) is 0 Å². The molecule has 5 heteroatoms. The molecule has 1 unspecified atom stereocenters. The first-order chi connectivity index (χ1) is 10.6. The minimum atomic E-state index is -0.953. The predicted octanol–water partition coefficient (Wildman–Crippen LogP) is 3.92. The van der Waals surface area contributed by atoms with Crippen LogP contribution in [0.4, 0.5) is 4.79 Å². The van der Waals surface area contributed by atoms with Crippen molar-refractivity contribution in [3.63, 3.8) is 0 Å². The van der Waals surface area contributed by atoms with Gasteiger partial charge in [0, 0.05) is 29.6 Å². The Morgan fingerprint density at radius 3 is 2.73 bits per heavy atom. The summed E-state index contributed by atoms with van der Waals surface area (Å²) >= 11 is 6.28. The van der Waals surface area contributed by atoms with Gasteiger partial charge < -0.3 is 14.7 Å². The summed E-state index contributed by atoms with van der Waals surface area (Å²) in [5, 5.41) is 9.65. The first kappa shape index (κ1) is 14.7. The first-order valence-corrected chi connectivity index (χ1v) is 7.41. The van der Waals surface area contributed by atoms with Gasteiger partial charge >= 0.3 is 6.09 Å². The van der Waals surface area contributed by atoms with Crippen LogP contribution in [0.5, 0.6) is 5.75 Å². The Morgan fingerprint density at radius 1 is 1.27 bits per heavy atom. The molecule has 0 saturated heterocycles. The van der Waals surface area contributed by atoms with Crippen molar-refractivity contribution >= 4 is 17.7 Å². The molecule has 3 rings (SSSR count). The van der Waals surface area contributed by atoms with Gasteiger partial charge in [0.25, 0.3) is 0 Å². The highest BCUT2D eigenvalue weighted by Crippen LogP contribution is 2.41. The number of likely N-dealkylation sites (N-methyl/N-ethyl adjacent to an activating group) is 1. The number of amides is 1. The van der Waals surface area contributed by atoms with Crippen LogP contribution in [0.15, 0.2) is 42.5 Å². The minimum Gasteiger partial charge on any atom is -0.487 e. The molecule has 1 amide bonds. The van der Waals surface area contributed by atoms with E-state index in [9.17, 15) is 4.79 Å². The lowest BCUT2D eigenvalue weighted by Gasteiger charge is -2.18. The number of rotatable bonds is 3. The average Bonchev–Trinajstić information content (AvgIpc) is 2.90. The fourth-order valence-electron chi connectivity index (χ4n) is 2.72. The van der Waals surface area contributed by atoms with E-state index >= 15 is 0 Å². The molecule has 0 saturated carbocycles. The zero-order valence-corrected chi connectivity index (χ0v) is 12.9. The third-order valence-electron chi connectivity index (χ3n) is 3.80. The summed E-state index contributed by atoms with van der Waals surface area (Å²) in [5.74, 6) is 0.805. The molecule has 4 nitrogen and oxygen atoms in total. The van der Waals surface area contributed by atoms with E-state index in [1.807, 2.05) is 42.5 Å². The zero-order valence-electron chi connectivity index (χ0n) is 12.1. The second-order valence-corrected chi connectivity index (χ2v) is 5.79. The molecule has 1 atom stereocenters. The maximum absolute atomic E-state index is 10.9. The highest BCUT2D eigenvalue weighted by atomic mass is 35.5. The van der Waals surface area contributed by atoms with Crippen LogP contribution in [-0.4, -0.2) is 35.8 Å². The van der Waals surface area contributed by atoms with E-state index in [0.717, 1.165) is 22.4 Å². The predicted molar refractivity (Wildman–Crippen MR) is 85.7 cm³/mol. The fraction of sp³-hybridized carbons (Fsp3) is 0.235. The quantitative estimate of drug-likeness (QED) is 0.933. The molecule has 114 valence electrons. The molecule has 1 aliphatic rings. The van der Waals surface area contributed by atoms with Crippen LogP contribution in [-0.2, 0) is 6.42 Å². The van der Waals surface area contributed by atoms with Crippen LogP contribution in [0, 0.1) is 0 Å². The van der Waals surface area contributed by atoms with E-state index < -0.39 is 6.09 Å². The Hall–Kier alpha value is -2.20. The van der Waals surface area contributed by atoms with Crippen LogP contribution in [0.1, 0.15) is 5.56 Å². The summed E-state index contributed by atoms with van der Waals surface area (Å²) in [5.41, 5.74) is 2.96. The summed E-state index contributed by atoms with van der Waals surface area (Å²) in [4.78, 5) is 12.2. The summed E-state index contributed by atoms with van der Waals surface area (Å²) in [6.07, 6.45) is -0.420. The molecule has 0 radical (unpaired) electrons. The van der Waals surface area contributed by atoms with E-state index in [4.69, 9.17) is 21.4 Å². The van der Waals surface area contributed by atoms with Crippen molar-refractivity contribution in [3.8, 4) is 16.9 Å². The largest absolute Gasteiger partial charge is 0.487 e. The topological polar surface area (TPSA) is 49.8 Å². The van der Waals surface area contributed by atoms with Crippen LogP contribution < -0.4 is 4.74 Å². The Labute approximate surface area is 133 Å². The molecule has 1 aliphatic heterocycles. The van der Waals surface area contributed by atoms with Crippen LogP contribution >= 0.6 is 11.6 Å². The molecule has 1 heterocycles. The van der Waals surface area contributed by atoms with E-state index in [-0.39, 0.29) is 6.10 Å².